The molecule has 0 spiro atoms. The molecular formula is C35H40ClFN8O. The van der Waals surface area contributed by atoms with Crippen molar-refractivity contribution < 1.29 is 9.50 Å². The quantitative estimate of drug-likeness (QED) is 0.156. The summed E-state index contributed by atoms with van der Waals surface area (Å²) >= 11 is 6.93. The SMILES string of the molecule is C=C(Nc1ncc[nH]1)C(c1ncn2c1C[C@@H](F)C2)n1cc2c(Cl)cc(-c3ccc(CCCN4CCC(CO)CC4)cc3)c(C)c2n1. The highest BCUT2D eigenvalue weighted by Gasteiger charge is 2.32. The predicted molar refractivity (Wildman–Crippen MR) is 180 cm³/mol. The van der Waals surface area contributed by atoms with Crippen LogP contribution in [0, 0.1) is 12.8 Å². The van der Waals surface area contributed by atoms with Crippen LogP contribution < -0.4 is 5.32 Å². The van der Waals surface area contributed by atoms with E-state index in [2.05, 4.69) is 58.0 Å². The second-order valence-corrected chi connectivity index (χ2v) is 13.1. The summed E-state index contributed by atoms with van der Waals surface area (Å²) < 4.78 is 18.1. The highest BCUT2D eigenvalue weighted by Crippen LogP contribution is 2.37. The third kappa shape index (κ3) is 6.09. The molecule has 1 saturated heterocycles. The van der Waals surface area contributed by atoms with Gasteiger partial charge in [0.2, 0.25) is 5.95 Å². The summed E-state index contributed by atoms with van der Waals surface area (Å²) in [6, 6.07) is 10.3. The zero-order valence-electron chi connectivity index (χ0n) is 26.1. The smallest absolute Gasteiger partial charge is 0.204 e. The highest BCUT2D eigenvalue weighted by molar-refractivity contribution is 6.36. The van der Waals surface area contributed by atoms with Crippen molar-refractivity contribution in [3.05, 3.63) is 95.1 Å². The number of aromatic nitrogens is 6. The van der Waals surface area contributed by atoms with E-state index in [1.165, 1.54) is 5.56 Å². The molecule has 9 nitrogen and oxygen atoms in total. The van der Waals surface area contributed by atoms with Gasteiger partial charge in [0.1, 0.15) is 12.2 Å². The zero-order valence-corrected chi connectivity index (χ0v) is 26.8. The molecule has 2 atom stereocenters. The molecule has 1 unspecified atom stereocenters. The Labute approximate surface area is 273 Å². The van der Waals surface area contributed by atoms with Crippen molar-refractivity contribution in [3.8, 4) is 11.1 Å². The van der Waals surface area contributed by atoms with Crippen molar-refractivity contribution >= 4 is 28.5 Å². The van der Waals surface area contributed by atoms with Crippen molar-refractivity contribution in [1.82, 2.24) is 34.2 Å². The summed E-state index contributed by atoms with van der Waals surface area (Å²) in [6.07, 6.45) is 10.7. The zero-order chi connectivity index (χ0) is 31.8. The fraction of sp³-hybridized carbons (Fsp3) is 0.400. The number of aliphatic hydroxyl groups excluding tert-OH is 1. The molecule has 7 rings (SSSR count). The number of benzene rings is 2. The Bertz CT molecular complexity index is 1820. The van der Waals surface area contributed by atoms with Crippen LogP contribution in [0.4, 0.5) is 10.3 Å². The molecule has 2 aliphatic heterocycles. The molecule has 2 aliphatic rings. The van der Waals surface area contributed by atoms with Gasteiger partial charge in [-0.25, -0.2) is 14.4 Å². The normalized spacial score (nSPS) is 17.9. The molecule has 0 saturated carbocycles. The van der Waals surface area contributed by atoms with Crippen molar-refractivity contribution in [2.75, 3.05) is 31.6 Å². The number of likely N-dealkylation sites (tertiary alicyclic amines) is 1. The number of imidazole rings is 2. The van der Waals surface area contributed by atoms with E-state index in [0.29, 0.717) is 47.9 Å². The van der Waals surface area contributed by atoms with Crippen LogP contribution in [-0.2, 0) is 19.4 Å². The molecule has 46 heavy (non-hydrogen) atoms. The third-order valence-corrected chi connectivity index (χ3v) is 9.92. The van der Waals surface area contributed by atoms with Gasteiger partial charge in [-0.3, -0.25) is 4.68 Å². The fourth-order valence-corrected chi connectivity index (χ4v) is 7.24. The molecule has 3 N–H and O–H groups in total. The van der Waals surface area contributed by atoms with Crippen LogP contribution in [-0.4, -0.2) is 71.7 Å². The minimum absolute atomic E-state index is 0.296. The first-order valence-electron chi connectivity index (χ1n) is 16.1. The van der Waals surface area contributed by atoms with Gasteiger partial charge in [-0.1, -0.05) is 42.4 Å². The first-order valence-corrected chi connectivity index (χ1v) is 16.5. The van der Waals surface area contributed by atoms with Gasteiger partial charge in [0.25, 0.3) is 0 Å². The fourth-order valence-electron chi connectivity index (χ4n) is 6.99. The van der Waals surface area contributed by atoms with Gasteiger partial charge in [-0.05, 0) is 86.5 Å². The second kappa shape index (κ2) is 13.0. The number of nitrogens with one attached hydrogen (secondary N) is 2. The maximum Gasteiger partial charge on any atom is 0.204 e. The maximum absolute atomic E-state index is 14.4. The monoisotopic (exact) mass is 642 g/mol. The average molecular weight is 643 g/mol. The molecule has 0 bridgehead atoms. The number of piperidine rings is 1. The van der Waals surface area contributed by atoms with Gasteiger partial charge in [0, 0.05) is 48.4 Å². The van der Waals surface area contributed by atoms with Gasteiger partial charge in [0.05, 0.1) is 29.1 Å². The van der Waals surface area contributed by atoms with Gasteiger partial charge in [-0.15, -0.1) is 0 Å². The summed E-state index contributed by atoms with van der Waals surface area (Å²) in [5.41, 5.74) is 7.42. The molecule has 240 valence electrons. The average Bonchev–Trinajstić information content (AvgIpc) is 3.87. The molecule has 2 aromatic carbocycles. The van der Waals surface area contributed by atoms with Gasteiger partial charge in [0.15, 0.2) is 0 Å². The van der Waals surface area contributed by atoms with Crippen molar-refractivity contribution in [2.24, 2.45) is 5.92 Å². The van der Waals surface area contributed by atoms with Crippen LogP contribution in [0.25, 0.3) is 22.0 Å². The summed E-state index contributed by atoms with van der Waals surface area (Å²) in [5.74, 6) is 1.02. The lowest BCUT2D eigenvalue weighted by molar-refractivity contribution is 0.131. The molecule has 11 heteroatoms. The molecule has 0 aliphatic carbocycles. The van der Waals surface area contributed by atoms with Crippen LogP contribution in [0.5, 0.6) is 0 Å². The standard InChI is InChI=1S/C35H40ClFN8O/c1-22-28(26-7-5-24(6-8-26)4-3-13-43-14-9-25(20-46)10-15-43)17-30(36)29-19-45(42-32(22)29)34(23(2)41-35-38-11-12-39-35)33-31-16-27(37)18-44(31)21-40-33/h5-8,11-12,17,19,21,25,27,34,46H,2-4,9-10,13-16,18,20H2,1H3,(H2,38,39,41)/t27-,34?/m1/s1. The Morgan fingerprint density at radius 3 is 2.76 bits per heavy atom. The molecule has 5 heterocycles. The Kier molecular flexibility index (Phi) is 8.68. The number of hydrogen-bond acceptors (Lipinski definition) is 6. The number of allylic oxidation sites excluding steroid dienone is 1. The van der Waals surface area contributed by atoms with E-state index in [1.54, 1.807) is 18.7 Å². The van der Waals surface area contributed by atoms with Crippen LogP contribution >= 0.6 is 11.6 Å². The Hall–Kier alpha value is -3.99. The summed E-state index contributed by atoms with van der Waals surface area (Å²) in [7, 11) is 0. The number of alkyl halides is 1. The van der Waals surface area contributed by atoms with E-state index in [9.17, 15) is 9.50 Å². The summed E-state index contributed by atoms with van der Waals surface area (Å²) in [5, 5.41) is 19.1. The molecule has 1 fully saturated rings. The van der Waals surface area contributed by atoms with Crippen molar-refractivity contribution in [2.45, 2.75) is 57.8 Å². The summed E-state index contributed by atoms with van der Waals surface area (Å²) in [4.78, 5) is 14.6. The minimum Gasteiger partial charge on any atom is -0.396 e. The first kappa shape index (κ1) is 30.7. The minimum atomic E-state index is -0.943. The molecule has 0 amide bonds. The van der Waals surface area contributed by atoms with Crippen LogP contribution in [0.3, 0.4) is 0 Å². The Morgan fingerprint density at radius 2 is 2.02 bits per heavy atom. The molecule has 0 radical (unpaired) electrons. The topological polar surface area (TPSA) is 99.8 Å². The number of rotatable bonds is 11. The Balaban J connectivity index is 1.13. The number of aliphatic hydroxyl groups is 1. The lowest BCUT2D eigenvalue weighted by Gasteiger charge is -2.30. The Morgan fingerprint density at radius 1 is 1.22 bits per heavy atom. The van der Waals surface area contributed by atoms with Gasteiger partial charge >= 0.3 is 0 Å². The predicted octanol–water partition coefficient (Wildman–Crippen LogP) is 6.33. The lowest BCUT2D eigenvalue weighted by atomic mass is 9.96. The number of H-pyrrole nitrogens is 1. The number of halogens is 2. The highest BCUT2D eigenvalue weighted by atomic mass is 35.5. The van der Waals surface area contributed by atoms with E-state index in [1.807, 2.05) is 21.5 Å². The molecule has 5 aromatic rings. The second-order valence-electron chi connectivity index (χ2n) is 12.7. The number of nitrogens with zero attached hydrogens (tertiary/aromatic N) is 6. The van der Waals surface area contributed by atoms with E-state index in [4.69, 9.17) is 21.7 Å². The van der Waals surface area contributed by atoms with Crippen LogP contribution in [0.15, 0.2) is 67.5 Å². The number of aromatic amines is 1. The largest absolute Gasteiger partial charge is 0.396 e. The van der Waals surface area contributed by atoms with Crippen molar-refractivity contribution in [1.29, 1.82) is 0 Å². The third-order valence-electron chi connectivity index (χ3n) is 9.61. The first-order chi connectivity index (χ1) is 22.4. The number of fused-ring (bicyclic) bond motifs is 2. The van der Waals surface area contributed by atoms with Crippen LogP contribution in [0.2, 0.25) is 5.02 Å². The van der Waals surface area contributed by atoms with E-state index < -0.39 is 12.2 Å². The molecule has 3 aromatic heterocycles. The summed E-state index contributed by atoms with van der Waals surface area (Å²) in [6.45, 7) is 10.3. The van der Waals surface area contributed by atoms with E-state index >= 15 is 0 Å². The number of anilines is 1. The van der Waals surface area contributed by atoms with E-state index in [0.717, 1.165) is 78.6 Å². The number of hydrogen-bond donors (Lipinski definition) is 3. The van der Waals surface area contributed by atoms with Crippen LogP contribution in [0.1, 0.15) is 47.8 Å². The lowest BCUT2D eigenvalue weighted by Crippen LogP contribution is -2.35. The van der Waals surface area contributed by atoms with Crippen molar-refractivity contribution in [3.63, 3.8) is 0 Å². The van der Waals surface area contributed by atoms with Gasteiger partial charge in [-0.2, -0.15) is 5.10 Å². The molecular weight excluding hydrogens is 603 g/mol. The van der Waals surface area contributed by atoms with Gasteiger partial charge < -0.3 is 24.9 Å². The maximum atomic E-state index is 14.4. The number of aryl methyl sites for hydroxylation is 2. The van der Waals surface area contributed by atoms with E-state index in [-0.39, 0.29) is 0 Å².